The number of imidazole rings is 1. The fourth-order valence-electron chi connectivity index (χ4n) is 1.48. The van der Waals surface area contributed by atoms with Gasteiger partial charge in [0.15, 0.2) is 10.8 Å². The topological polar surface area (TPSA) is 30.2 Å². The standard InChI is InChI=1S/C10H4Cl3N3S/c11-6-2-4-8-14-9(10(13)16(8)15-6)5-1-3-7(12)17-5/h1-4H. The quantitative estimate of drug-likeness (QED) is 0.666. The smallest absolute Gasteiger partial charge is 0.160 e. The van der Waals surface area contributed by atoms with Gasteiger partial charge in [0, 0.05) is 0 Å². The Kier molecular flexibility index (Phi) is 2.75. The maximum atomic E-state index is 6.22. The van der Waals surface area contributed by atoms with Gasteiger partial charge in [0.2, 0.25) is 0 Å². The van der Waals surface area contributed by atoms with E-state index in [4.69, 9.17) is 34.8 Å². The number of rotatable bonds is 1. The minimum absolute atomic E-state index is 0.368. The molecule has 0 aliphatic heterocycles. The average Bonchev–Trinajstić information content (AvgIpc) is 2.84. The van der Waals surface area contributed by atoms with Crippen LogP contribution in [0.5, 0.6) is 0 Å². The highest BCUT2D eigenvalue weighted by molar-refractivity contribution is 7.19. The van der Waals surface area contributed by atoms with Crippen molar-refractivity contribution in [3.05, 3.63) is 38.9 Å². The molecule has 0 bridgehead atoms. The van der Waals surface area contributed by atoms with Crippen molar-refractivity contribution >= 4 is 51.8 Å². The Morgan fingerprint density at radius 2 is 1.88 bits per heavy atom. The van der Waals surface area contributed by atoms with Crippen molar-refractivity contribution < 1.29 is 0 Å². The SMILES string of the molecule is Clc1ccc2nc(-c3ccc(Cl)s3)c(Cl)n2n1. The number of halogens is 3. The number of hydrogen-bond donors (Lipinski definition) is 0. The van der Waals surface area contributed by atoms with E-state index in [9.17, 15) is 0 Å². The Bertz CT molecular complexity index is 704. The molecule has 86 valence electrons. The van der Waals surface area contributed by atoms with Gasteiger partial charge in [-0.3, -0.25) is 0 Å². The van der Waals surface area contributed by atoms with Gasteiger partial charge in [-0.1, -0.05) is 34.8 Å². The van der Waals surface area contributed by atoms with E-state index in [2.05, 4.69) is 10.1 Å². The van der Waals surface area contributed by atoms with Crippen LogP contribution < -0.4 is 0 Å². The van der Waals surface area contributed by atoms with Gasteiger partial charge in [-0.25, -0.2) is 9.50 Å². The van der Waals surface area contributed by atoms with Crippen LogP contribution in [0.4, 0.5) is 0 Å². The average molecular weight is 305 g/mol. The van der Waals surface area contributed by atoms with Gasteiger partial charge in [-0.15, -0.1) is 11.3 Å². The second-order valence-corrected chi connectivity index (χ2v) is 5.74. The number of hydrogen-bond acceptors (Lipinski definition) is 3. The van der Waals surface area contributed by atoms with E-state index >= 15 is 0 Å². The summed E-state index contributed by atoms with van der Waals surface area (Å²) in [5, 5.41) is 4.89. The van der Waals surface area contributed by atoms with Crippen molar-refractivity contribution in [2.75, 3.05) is 0 Å². The molecule has 0 spiro atoms. The molecule has 0 fully saturated rings. The largest absolute Gasteiger partial charge is 0.224 e. The lowest BCUT2D eigenvalue weighted by Gasteiger charge is -1.93. The molecular formula is C10H4Cl3N3S. The van der Waals surface area contributed by atoms with Crippen molar-refractivity contribution in [3.8, 4) is 10.6 Å². The van der Waals surface area contributed by atoms with Crippen LogP contribution in [0.1, 0.15) is 0 Å². The molecule has 0 atom stereocenters. The highest BCUT2D eigenvalue weighted by Gasteiger charge is 2.14. The lowest BCUT2D eigenvalue weighted by molar-refractivity contribution is 0.937. The van der Waals surface area contributed by atoms with Gasteiger partial charge in [-0.05, 0) is 24.3 Å². The predicted octanol–water partition coefficient (Wildman–Crippen LogP) is 4.42. The third-order valence-electron chi connectivity index (χ3n) is 2.20. The Balaban J connectivity index is 2.27. The molecule has 0 N–H and O–H groups in total. The van der Waals surface area contributed by atoms with Gasteiger partial charge in [-0.2, -0.15) is 5.10 Å². The highest BCUT2D eigenvalue weighted by atomic mass is 35.5. The molecule has 0 radical (unpaired) electrons. The molecule has 0 aromatic carbocycles. The molecule has 0 unspecified atom stereocenters. The molecule has 3 heterocycles. The molecule has 3 aromatic heterocycles. The van der Waals surface area contributed by atoms with Crippen molar-refractivity contribution in [3.63, 3.8) is 0 Å². The van der Waals surface area contributed by atoms with Crippen molar-refractivity contribution in [2.24, 2.45) is 0 Å². The highest BCUT2D eigenvalue weighted by Crippen LogP contribution is 2.35. The fourth-order valence-corrected chi connectivity index (χ4v) is 2.98. The maximum Gasteiger partial charge on any atom is 0.160 e. The predicted molar refractivity (Wildman–Crippen MR) is 71.3 cm³/mol. The van der Waals surface area contributed by atoms with E-state index in [1.54, 1.807) is 12.1 Å². The van der Waals surface area contributed by atoms with Crippen LogP contribution in [0.15, 0.2) is 24.3 Å². The first kappa shape index (κ1) is 11.3. The minimum atomic E-state index is 0.368. The summed E-state index contributed by atoms with van der Waals surface area (Å²) in [5.41, 5.74) is 1.32. The Hall–Kier alpha value is -0.810. The summed E-state index contributed by atoms with van der Waals surface area (Å²) in [6.07, 6.45) is 0. The van der Waals surface area contributed by atoms with Crippen LogP contribution in [0, 0.1) is 0 Å². The molecular weight excluding hydrogens is 301 g/mol. The normalized spacial score (nSPS) is 11.2. The number of nitrogens with zero attached hydrogens (tertiary/aromatic N) is 3. The maximum absolute atomic E-state index is 6.22. The molecule has 17 heavy (non-hydrogen) atoms. The monoisotopic (exact) mass is 303 g/mol. The number of fused-ring (bicyclic) bond motifs is 1. The summed E-state index contributed by atoms with van der Waals surface area (Å²) in [6, 6.07) is 7.12. The van der Waals surface area contributed by atoms with Crippen molar-refractivity contribution in [1.82, 2.24) is 14.6 Å². The van der Waals surface area contributed by atoms with Crippen molar-refractivity contribution in [1.29, 1.82) is 0 Å². The summed E-state index contributed by atoms with van der Waals surface area (Å²) in [6.45, 7) is 0. The second-order valence-electron chi connectivity index (χ2n) is 3.28. The third-order valence-corrected chi connectivity index (χ3v) is 3.98. The third kappa shape index (κ3) is 1.91. The molecule has 7 heteroatoms. The van der Waals surface area contributed by atoms with Gasteiger partial charge < -0.3 is 0 Å². The minimum Gasteiger partial charge on any atom is -0.224 e. The molecule has 3 aromatic rings. The fraction of sp³-hybridized carbons (Fsp3) is 0. The van der Waals surface area contributed by atoms with Gasteiger partial charge in [0.05, 0.1) is 9.21 Å². The van der Waals surface area contributed by atoms with Gasteiger partial charge in [0.25, 0.3) is 0 Å². The van der Waals surface area contributed by atoms with E-state index in [-0.39, 0.29) is 0 Å². The zero-order chi connectivity index (χ0) is 12.0. The summed E-state index contributed by atoms with van der Waals surface area (Å²) in [4.78, 5) is 5.30. The molecule has 3 nitrogen and oxygen atoms in total. The van der Waals surface area contributed by atoms with Crippen LogP contribution in [0.2, 0.25) is 14.6 Å². The van der Waals surface area contributed by atoms with E-state index in [0.717, 1.165) is 4.88 Å². The van der Waals surface area contributed by atoms with Crippen LogP contribution in [-0.2, 0) is 0 Å². The molecule has 0 aliphatic rings. The lowest BCUT2D eigenvalue weighted by atomic mass is 10.4. The van der Waals surface area contributed by atoms with Gasteiger partial charge in [0.1, 0.15) is 10.8 Å². The first-order valence-corrected chi connectivity index (χ1v) is 6.56. The van der Waals surface area contributed by atoms with Gasteiger partial charge >= 0.3 is 0 Å². The Morgan fingerprint density at radius 3 is 2.59 bits per heavy atom. The van der Waals surface area contributed by atoms with Crippen LogP contribution in [-0.4, -0.2) is 14.6 Å². The van der Waals surface area contributed by atoms with E-state index in [1.165, 1.54) is 15.9 Å². The summed E-state index contributed by atoms with van der Waals surface area (Å²) >= 11 is 19.3. The van der Waals surface area contributed by atoms with E-state index < -0.39 is 0 Å². The van der Waals surface area contributed by atoms with Crippen LogP contribution >= 0.6 is 46.1 Å². The zero-order valence-corrected chi connectivity index (χ0v) is 11.3. The Morgan fingerprint density at radius 1 is 1.06 bits per heavy atom. The Labute approximate surface area is 116 Å². The molecule has 3 rings (SSSR count). The van der Waals surface area contributed by atoms with Crippen LogP contribution in [0.3, 0.4) is 0 Å². The van der Waals surface area contributed by atoms with Crippen molar-refractivity contribution in [2.45, 2.75) is 0 Å². The van der Waals surface area contributed by atoms with E-state index in [0.29, 0.717) is 26.0 Å². The summed E-state index contributed by atoms with van der Waals surface area (Å²) in [5.74, 6) is 0. The lowest BCUT2D eigenvalue weighted by Crippen LogP contribution is -1.90. The van der Waals surface area contributed by atoms with E-state index in [1.807, 2.05) is 12.1 Å². The number of aromatic nitrogens is 3. The first-order chi connectivity index (χ1) is 8.15. The molecule has 0 saturated heterocycles. The summed E-state index contributed by atoms with van der Waals surface area (Å²) < 4.78 is 2.20. The second kappa shape index (κ2) is 4.14. The number of thiophene rings is 1. The first-order valence-electron chi connectivity index (χ1n) is 4.61. The molecule has 0 amide bonds. The molecule has 0 aliphatic carbocycles. The zero-order valence-electron chi connectivity index (χ0n) is 8.19. The van der Waals surface area contributed by atoms with Crippen LogP contribution in [0.25, 0.3) is 16.2 Å². The summed E-state index contributed by atoms with van der Waals surface area (Å²) in [7, 11) is 0. The molecule has 0 saturated carbocycles.